The number of hydrogen-bond acceptors (Lipinski definition) is 5. The predicted octanol–water partition coefficient (Wildman–Crippen LogP) is 2.30. The molecule has 0 amide bonds. The number of nitrogens with zero attached hydrogens (tertiary/aromatic N) is 3. The van der Waals surface area contributed by atoms with Crippen molar-refractivity contribution in [2.24, 2.45) is 0 Å². The van der Waals surface area contributed by atoms with Crippen molar-refractivity contribution in [1.29, 1.82) is 0 Å². The van der Waals surface area contributed by atoms with E-state index in [1.807, 2.05) is 12.1 Å². The molecule has 0 unspecified atom stereocenters. The minimum atomic E-state index is -0.309. The van der Waals surface area contributed by atoms with Gasteiger partial charge in [-0.1, -0.05) is 12.1 Å². The summed E-state index contributed by atoms with van der Waals surface area (Å²) in [6.07, 6.45) is 3.03. The fourth-order valence-corrected chi connectivity index (χ4v) is 2.72. The van der Waals surface area contributed by atoms with Gasteiger partial charge in [0, 0.05) is 38.9 Å². The van der Waals surface area contributed by atoms with Crippen molar-refractivity contribution < 1.29 is 10.0 Å². The van der Waals surface area contributed by atoms with Crippen molar-refractivity contribution in [2.45, 2.75) is 19.3 Å². The number of unbranched alkanes of at least 4 members (excludes halogenated alkanes) is 2. The molecule has 0 atom stereocenters. The van der Waals surface area contributed by atoms with Gasteiger partial charge in [0.25, 0.3) is 5.69 Å². The Kier molecular flexibility index (Phi) is 8.16. The second-order valence-electron chi connectivity index (χ2n) is 5.36. The lowest BCUT2D eigenvalue weighted by Gasteiger charge is -2.35. The van der Waals surface area contributed by atoms with E-state index in [9.17, 15) is 10.1 Å². The molecule has 0 bridgehead atoms. The number of para-hydroxylation sites is 2. The molecule has 0 spiro atoms. The molecule has 124 valence electrons. The third kappa shape index (κ3) is 5.12. The number of aliphatic hydroxyl groups is 1. The second kappa shape index (κ2) is 9.61. The third-order valence-corrected chi connectivity index (χ3v) is 3.92. The van der Waals surface area contributed by atoms with Gasteiger partial charge in [0.2, 0.25) is 0 Å². The Bertz CT molecular complexity index is 465. The summed E-state index contributed by atoms with van der Waals surface area (Å²) in [5.74, 6) is 0. The Morgan fingerprint density at radius 2 is 1.77 bits per heavy atom. The summed E-state index contributed by atoms with van der Waals surface area (Å²) in [6.45, 7) is 4.84. The van der Waals surface area contributed by atoms with E-state index in [0.717, 1.165) is 57.7 Å². The summed E-state index contributed by atoms with van der Waals surface area (Å²) in [5, 5.41) is 19.8. The number of nitro groups is 1. The largest absolute Gasteiger partial charge is 0.396 e. The molecule has 0 radical (unpaired) electrons. The van der Waals surface area contributed by atoms with E-state index >= 15 is 0 Å². The highest BCUT2D eigenvalue weighted by Crippen LogP contribution is 2.28. The SMILES string of the molecule is Cl.O=[N+]([O-])c1ccccc1N1CCN(CCCCCO)CC1. The van der Waals surface area contributed by atoms with Crippen molar-refractivity contribution in [1.82, 2.24) is 4.90 Å². The Labute approximate surface area is 137 Å². The summed E-state index contributed by atoms with van der Waals surface area (Å²) >= 11 is 0. The zero-order valence-corrected chi connectivity index (χ0v) is 13.5. The fraction of sp³-hybridized carbons (Fsp3) is 0.600. The summed E-state index contributed by atoms with van der Waals surface area (Å²) in [6, 6.07) is 6.95. The van der Waals surface area contributed by atoms with E-state index in [4.69, 9.17) is 5.11 Å². The average Bonchev–Trinajstić information content (AvgIpc) is 2.52. The van der Waals surface area contributed by atoms with Crippen LogP contribution in [-0.4, -0.2) is 54.3 Å². The van der Waals surface area contributed by atoms with Gasteiger partial charge in [-0.25, -0.2) is 0 Å². The first kappa shape index (κ1) is 18.7. The van der Waals surface area contributed by atoms with Gasteiger partial charge in [0.05, 0.1) is 4.92 Å². The molecule has 1 N–H and O–H groups in total. The molecule has 1 aliphatic rings. The van der Waals surface area contributed by atoms with Crippen molar-refractivity contribution in [3.63, 3.8) is 0 Å². The second-order valence-corrected chi connectivity index (χ2v) is 5.36. The maximum atomic E-state index is 11.1. The van der Waals surface area contributed by atoms with E-state index < -0.39 is 0 Å². The molecule has 1 fully saturated rings. The lowest BCUT2D eigenvalue weighted by atomic mass is 10.2. The lowest BCUT2D eigenvalue weighted by molar-refractivity contribution is -0.384. The van der Waals surface area contributed by atoms with E-state index in [1.165, 1.54) is 0 Å². The molecular formula is C15H24ClN3O3. The molecule has 1 aliphatic heterocycles. The number of rotatable bonds is 7. The Balaban J connectivity index is 0.00000242. The van der Waals surface area contributed by atoms with Gasteiger partial charge in [-0.2, -0.15) is 0 Å². The van der Waals surface area contributed by atoms with Gasteiger partial charge in [-0.15, -0.1) is 12.4 Å². The Morgan fingerprint density at radius 3 is 2.41 bits per heavy atom. The molecule has 22 heavy (non-hydrogen) atoms. The molecule has 1 saturated heterocycles. The molecule has 1 aromatic rings. The van der Waals surface area contributed by atoms with Crippen LogP contribution in [0, 0.1) is 10.1 Å². The number of anilines is 1. The van der Waals surface area contributed by atoms with Crippen LogP contribution < -0.4 is 4.90 Å². The number of piperazine rings is 1. The molecule has 1 aromatic carbocycles. The van der Waals surface area contributed by atoms with Gasteiger partial charge < -0.3 is 10.0 Å². The Hall–Kier alpha value is -1.37. The minimum Gasteiger partial charge on any atom is -0.396 e. The first-order chi connectivity index (χ1) is 10.2. The van der Waals surface area contributed by atoms with Gasteiger partial charge in [-0.05, 0) is 31.9 Å². The number of halogens is 1. The zero-order chi connectivity index (χ0) is 15.1. The molecule has 1 heterocycles. The summed E-state index contributed by atoms with van der Waals surface area (Å²) in [4.78, 5) is 15.3. The monoisotopic (exact) mass is 329 g/mol. The van der Waals surface area contributed by atoms with Gasteiger partial charge in [0.15, 0.2) is 0 Å². The van der Waals surface area contributed by atoms with Crippen molar-refractivity contribution in [3.8, 4) is 0 Å². The standard InChI is InChI=1S/C15H23N3O3.ClH/c19-13-5-1-4-8-16-9-11-17(12-10-16)14-6-2-3-7-15(14)18(20)21;/h2-3,6-7,19H,1,4-5,8-13H2;1H. The van der Waals surface area contributed by atoms with E-state index in [0.29, 0.717) is 0 Å². The van der Waals surface area contributed by atoms with Gasteiger partial charge in [0.1, 0.15) is 5.69 Å². The highest BCUT2D eigenvalue weighted by atomic mass is 35.5. The van der Waals surface area contributed by atoms with Crippen LogP contribution in [0.15, 0.2) is 24.3 Å². The maximum absolute atomic E-state index is 11.1. The first-order valence-corrected chi connectivity index (χ1v) is 7.54. The normalized spacial score (nSPS) is 15.4. The quantitative estimate of drug-likeness (QED) is 0.472. The number of nitro benzene ring substituents is 1. The fourth-order valence-electron chi connectivity index (χ4n) is 2.72. The molecule has 6 nitrogen and oxygen atoms in total. The van der Waals surface area contributed by atoms with Crippen molar-refractivity contribution >= 4 is 23.8 Å². The molecule has 2 rings (SSSR count). The number of aliphatic hydroxyl groups excluding tert-OH is 1. The van der Waals surface area contributed by atoms with Crippen LogP contribution in [-0.2, 0) is 0 Å². The number of hydrogen-bond donors (Lipinski definition) is 1. The molecule has 0 aliphatic carbocycles. The van der Waals surface area contributed by atoms with Crippen LogP contribution in [0.5, 0.6) is 0 Å². The van der Waals surface area contributed by atoms with Crippen LogP contribution in [0.4, 0.5) is 11.4 Å². The zero-order valence-electron chi connectivity index (χ0n) is 12.7. The third-order valence-electron chi connectivity index (χ3n) is 3.92. The van der Waals surface area contributed by atoms with Crippen LogP contribution in [0.1, 0.15) is 19.3 Å². The van der Waals surface area contributed by atoms with E-state index in [1.54, 1.807) is 12.1 Å². The van der Waals surface area contributed by atoms with E-state index in [-0.39, 0.29) is 29.6 Å². The van der Waals surface area contributed by atoms with Crippen LogP contribution in [0.25, 0.3) is 0 Å². The molecular weight excluding hydrogens is 306 g/mol. The maximum Gasteiger partial charge on any atom is 0.292 e. The number of benzene rings is 1. The molecule has 0 saturated carbocycles. The van der Waals surface area contributed by atoms with Gasteiger partial charge in [-0.3, -0.25) is 15.0 Å². The first-order valence-electron chi connectivity index (χ1n) is 7.54. The molecule has 0 aromatic heterocycles. The summed E-state index contributed by atoms with van der Waals surface area (Å²) in [5.41, 5.74) is 0.913. The predicted molar refractivity (Wildman–Crippen MR) is 89.9 cm³/mol. The molecule has 7 heteroatoms. The van der Waals surface area contributed by atoms with E-state index in [2.05, 4.69) is 9.80 Å². The highest BCUT2D eigenvalue weighted by Gasteiger charge is 2.22. The topological polar surface area (TPSA) is 69.9 Å². The highest BCUT2D eigenvalue weighted by molar-refractivity contribution is 5.85. The summed E-state index contributed by atoms with van der Waals surface area (Å²) < 4.78 is 0. The summed E-state index contributed by atoms with van der Waals surface area (Å²) in [7, 11) is 0. The van der Waals surface area contributed by atoms with Gasteiger partial charge >= 0.3 is 0 Å². The van der Waals surface area contributed by atoms with Crippen LogP contribution >= 0.6 is 12.4 Å². The van der Waals surface area contributed by atoms with Crippen molar-refractivity contribution in [2.75, 3.05) is 44.2 Å². The van der Waals surface area contributed by atoms with Crippen molar-refractivity contribution in [3.05, 3.63) is 34.4 Å². The van der Waals surface area contributed by atoms with Crippen LogP contribution in [0.2, 0.25) is 0 Å². The lowest BCUT2D eigenvalue weighted by Crippen LogP contribution is -2.46. The van der Waals surface area contributed by atoms with Crippen LogP contribution in [0.3, 0.4) is 0 Å². The Morgan fingerprint density at radius 1 is 1.09 bits per heavy atom. The minimum absolute atomic E-state index is 0. The smallest absolute Gasteiger partial charge is 0.292 e. The average molecular weight is 330 g/mol.